The highest BCUT2D eigenvalue weighted by Gasteiger charge is 2.14. The van der Waals surface area contributed by atoms with Crippen molar-refractivity contribution in [1.29, 1.82) is 0 Å². The minimum atomic E-state index is 0.245. The van der Waals surface area contributed by atoms with Gasteiger partial charge in [-0.15, -0.1) is 0 Å². The van der Waals surface area contributed by atoms with E-state index < -0.39 is 0 Å². The van der Waals surface area contributed by atoms with Crippen LogP contribution in [0.25, 0.3) is 0 Å². The molecular formula is C14H23N. The van der Waals surface area contributed by atoms with Crippen molar-refractivity contribution < 1.29 is 0 Å². The molecule has 0 aliphatic rings. The third-order valence-electron chi connectivity index (χ3n) is 2.72. The molecule has 0 bridgehead atoms. The monoisotopic (exact) mass is 205 g/mol. The van der Waals surface area contributed by atoms with Gasteiger partial charge in [0.25, 0.3) is 0 Å². The van der Waals surface area contributed by atoms with Crippen molar-refractivity contribution in [3.63, 3.8) is 0 Å². The lowest BCUT2D eigenvalue weighted by atomic mass is 9.85. The second kappa shape index (κ2) is 4.69. The lowest BCUT2D eigenvalue weighted by molar-refractivity contribution is 0.589. The van der Waals surface area contributed by atoms with Crippen molar-refractivity contribution in [2.45, 2.75) is 46.5 Å². The second-order valence-electron chi connectivity index (χ2n) is 5.01. The molecule has 0 saturated carbocycles. The van der Waals surface area contributed by atoms with Crippen LogP contribution in [0.2, 0.25) is 0 Å². The maximum absolute atomic E-state index is 3.41. The Morgan fingerprint density at radius 1 is 1.13 bits per heavy atom. The summed E-state index contributed by atoms with van der Waals surface area (Å²) >= 11 is 0. The molecule has 1 aromatic carbocycles. The SMILES string of the molecule is CCNc1ccc(C(C)(C)C)cc1CC. The number of nitrogens with one attached hydrogen (secondary N) is 1. The first-order valence-electron chi connectivity index (χ1n) is 5.86. The lowest BCUT2D eigenvalue weighted by Gasteiger charge is -2.21. The molecule has 1 rings (SSSR count). The first kappa shape index (κ1) is 12.1. The summed E-state index contributed by atoms with van der Waals surface area (Å²) in [6.07, 6.45) is 1.09. The molecule has 1 nitrogen and oxygen atoms in total. The minimum Gasteiger partial charge on any atom is -0.385 e. The highest BCUT2D eigenvalue weighted by Crippen LogP contribution is 2.26. The fraction of sp³-hybridized carbons (Fsp3) is 0.571. The number of anilines is 1. The van der Waals surface area contributed by atoms with Gasteiger partial charge in [-0.25, -0.2) is 0 Å². The summed E-state index contributed by atoms with van der Waals surface area (Å²) < 4.78 is 0. The van der Waals surface area contributed by atoms with E-state index in [1.807, 2.05) is 0 Å². The predicted molar refractivity (Wildman–Crippen MR) is 68.7 cm³/mol. The number of hydrogen-bond acceptors (Lipinski definition) is 1. The van der Waals surface area contributed by atoms with Crippen LogP contribution in [-0.4, -0.2) is 6.54 Å². The van der Waals surface area contributed by atoms with Crippen LogP contribution < -0.4 is 5.32 Å². The Morgan fingerprint density at radius 2 is 1.80 bits per heavy atom. The van der Waals surface area contributed by atoms with E-state index in [1.165, 1.54) is 16.8 Å². The maximum Gasteiger partial charge on any atom is 0.0372 e. The quantitative estimate of drug-likeness (QED) is 0.787. The Balaban J connectivity index is 3.08. The average molecular weight is 205 g/mol. The smallest absolute Gasteiger partial charge is 0.0372 e. The van der Waals surface area contributed by atoms with Gasteiger partial charge >= 0.3 is 0 Å². The van der Waals surface area contributed by atoms with Crippen LogP contribution in [0.1, 0.15) is 45.7 Å². The Kier molecular flexibility index (Phi) is 3.78. The molecule has 0 aliphatic heterocycles. The number of hydrogen-bond donors (Lipinski definition) is 1. The lowest BCUT2D eigenvalue weighted by Crippen LogP contribution is -2.12. The number of benzene rings is 1. The van der Waals surface area contributed by atoms with Gasteiger partial charge in [-0.2, -0.15) is 0 Å². The normalized spacial score (nSPS) is 11.5. The molecule has 1 heteroatoms. The van der Waals surface area contributed by atoms with Gasteiger partial charge in [0.2, 0.25) is 0 Å². The molecule has 0 saturated heterocycles. The van der Waals surface area contributed by atoms with Crippen LogP contribution in [0.5, 0.6) is 0 Å². The third-order valence-corrected chi connectivity index (χ3v) is 2.72. The molecule has 0 aromatic heterocycles. The van der Waals surface area contributed by atoms with Crippen LogP contribution in [0.15, 0.2) is 18.2 Å². The summed E-state index contributed by atoms with van der Waals surface area (Å²) in [6.45, 7) is 12.1. The maximum atomic E-state index is 3.41. The van der Waals surface area contributed by atoms with Crippen molar-refractivity contribution in [2.24, 2.45) is 0 Å². The van der Waals surface area contributed by atoms with Gasteiger partial charge in [0.05, 0.1) is 0 Å². The molecule has 0 atom stereocenters. The van der Waals surface area contributed by atoms with Crippen LogP contribution >= 0.6 is 0 Å². The van der Waals surface area contributed by atoms with E-state index in [0.29, 0.717) is 0 Å². The zero-order valence-corrected chi connectivity index (χ0v) is 10.6. The molecule has 0 heterocycles. The fourth-order valence-corrected chi connectivity index (χ4v) is 1.72. The summed E-state index contributed by atoms with van der Waals surface area (Å²) in [7, 11) is 0. The highest BCUT2D eigenvalue weighted by molar-refractivity contribution is 5.53. The Bertz CT molecular complexity index is 321. The molecule has 0 amide bonds. The Hall–Kier alpha value is -0.980. The summed E-state index contributed by atoms with van der Waals surface area (Å²) in [4.78, 5) is 0. The number of rotatable bonds is 3. The van der Waals surface area contributed by atoms with E-state index in [1.54, 1.807) is 0 Å². The zero-order chi connectivity index (χ0) is 11.5. The molecule has 1 aromatic rings. The van der Waals surface area contributed by atoms with Gasteiger partial charge in [-0.1, -0.05) is 39.8 Å². The zero-order valence-electron chi connectivity index (χ0n) is 10.6. The molecular weight excluding hydrogens is 182 g/mol. The van der Waals surface area contributed by atoms with Gasteiger partial charge in [0.15, 0.2) is 0 Å². The molecule has 0 radical (unpaired) electrons. The van der Waals surface area contributed by atoms with E-state index >= 15 is 0 Å². The van der Waals surface area contributed by atoms with Crippen LogP contribution in [0, 0.1) is 0 Å². The van der Waals surface area contributed by atoms with E-state index in [4.69, 9.17) is 0 Å². The first-order valence-corrected chi connectivity index (χ1v) is 5.86. The Labute approximate surface area is 93.9 Å². The molecule has 0 aliphatic carbocycles. The second-order valence-corrected chi connectivity index (χ2v) is 5.01. The molecule has 0 unspecified atom stereocenters. The topological polar surface area (TPSA) is 12.0 Å². The Morgan fingerprint density at radius 3 is 2.27 bits per heavy atom. The van der Waals surface area contributed by atoms with Gasteiger partial charge in [-0.05, 0) is 36.0 Å². The van der Waals surface area contributed by atoms with Gasteiger partial charge in [0.1, 0.15) is 0 Å². The van der Waals surface area contributed by atoms with Crippen molar-refractivity contribution in [2.75, 3.05) is 11.9 Å². The fourth-order valence-electron chi connectivity index (χ4n) is 1.72. The summed E-state index contributed by atoms with van der Waals surface area (Å²) in [5.41, 5.74) is 4.37. The van der Waals surface area contributed by atoms with Crippen LogP contribution in [0.4, 0.5) is 5.69 Å². The molecule has 1 N–H and O–H groups in total. The summed E-state index contributed by atoms with van der Waals surface area (Å²) in [5.74, 6) is 0. The van der Waals surface area contributed by atoms with E-state index in [9.17, 15) is 0 Å². The van der Waals surface area contributed by atoms with E-state index in [-0.39, 0.29) is 5.41 Å². The van der Waals surface area contributed by atoms with Crippen molar-refractivity contribution in [1.82, 2.24) is 0 Å². The standard InChI is InChI=1S/C14H23N/c1-6-11-10-12(14(3,4)5)8-9-13(11)15-7-2/h8-10,15H,6-7H2,1-5H3. The number of aryl methyl sites for hydroxylation is 1. The molecule has 0 fully saturated rings. The third kappa shape index (κ3) is 2.98. The molecule has 84 valence electrons. The first-order chi connectivity index (χ1) is 6.99. The van der Waals surface area contributed by atoms with Gasteiger partial charge in [-0.3, -0.25) is 0 Å². The van der Waals surface area contributed by atoms with Gasteiger partial charge in [0, 0.05) is 12.2 Å². The van der Waals surface area contributed by atoms with Gasteiger partial charge < -0.3 is 5.32 Å². The van der Waals surface area contributed by atoms with E-state index in [0.717, 1.165) is 13.0 Å². The van der Waals surface area contributed by atoms with Crippen molar-refractivity contribution in [3.8, 4) is 0 Å². The van der Waals surface area contributed by atoms with Crippen molar-refractivity contribution in [3.05, 3.63) is 29.3 Å². The largest absolute Gasteiger partial charge is 0.385 e. The average Bonchev–Trinajstić information content (AvgIpc) is 2.17. The molecule has 15 heavy (non-hydrogen) atoms. The van der Waals surface area contributed by atoms with E-state index in [2.05, 4.69) is 58.1 Å². The van der Waals surface area contributed by atoms with Crippen LogP contribution in [-0.2, 0) is 11.8 Å². The van der Waals surface area contributed by atoms with Crippen molar-refractivity contribution >= 4 is 5.69 Å². The highest BCUT2D eigenvalue weighted by atomic mass is 14.9. The predicted octanol–water partition coefficient (Wildman–Crippen LogP) is 3.98. The van der Waals surface area contributed by atoms with Crippen LogP contribution in [0.3, 0.4) is 0 Å². The summed E-state index contributed by atoms with van der Waals surface area (Å²) in [5, 5.41) is 3.41. The molecule has 0 spiro atoms. The summed E-state index contributed by atoms with van der Waals surface area (Å²) in [6, 6.07) is 6.78. The minimum absolute atomic E-state index is 0.245.